The zero-order valence-corrected chi connectivity index (χ0v) is 10.2. The molecule has 0 fully saturated rings. The molecule has 0 unspecified atom stereocenters. The molecule has 1 heterocycles. The molecule has 2 heteroatoms. The van der Waals surface area contributed by atoms with Gasteiger partial charge in [-0.2, -0.15) is 10.2 Å². The van der Waals surface area contributed by atoms with Crippen LogP contribution in [0.15, 0.2) is 24.4 Å². The van der Waals surface area contributed by atoms with E-state index in [0.29, 0.717) is 0 Å². The van der Waals surface area contributed by atoms with Crippen LogP contribution in [-0.2, 0) is 0 Å². The Balaban J connectivity index is 2.74. The summed E-state index contributed by atoms with van der Waals surface area (Å²) in [4.78, 5) is 0. The summed E-state index contributed by atoms with van der Waals surface area (Å²) in [6.45, 7) is 8.57. The molecule has 0 aliphatic carbocycles. The van der Waals surface area contributed by atoms with E-state index in [1.807, 2.05) is 12.1 Å². The van der Waals surface area contributed by atoms with Crippen molar-refractivity contribution in [2.45, 2.75) is 27.7 Å². The van der Waals surface area contributed by atoms with Gasteiger partial charge in [-0.3, -0.25) is 0 Å². The van der Waals surface area contributed by atoms with Crippen LogP contribution in [0.2, 0.25) is 0 Å². The molecule has 0 N–H and O–H groups in total. The minimum Gasteiger partial charge on any atom is -0.159 e. The summed E-state index contributed by atoms with van der Waals surface area (Å²) >= 11 is 0. The highest BCUT2D eigenvalue weighted by molar-refractivity contribution is 5.70. The maximum absolute atomic E-state index is 4.20. The van der Waals surface area contributed by atoms with Crippen molar-refractivity contribution in [3.05, 3.63) is 46.6 Å². The first-order valence-electron chi connectivity index (χ1n) is 5.46. The Morgan fingerprint density at radius 1 is 0.938 bits per heavy atom. The van der Waals surface area contributed by atoms with Crippen LogP contribution in [0.1, 0.15) is 22.3 Å². The maximum Gasteiger partial charge on any atom is 0.0935 e. The molecule has 0 spiro atoms. The second kappa shape index (κ2) is 4.05. The zero-order chi connectivity index (χ0) is 11.7. The lowest BCUT2D eigenvalue weighted by atomic mass is 9.92. The fourth-order valence-corrected chi connectivity index (χ4v) is 2.04. The highest BCUT2D eigenvalue weighted by Crippen LogP contribution is 2.29. The molecule has 0 radical (unpaired) electrons. The summed E-state index contributed by atoms with van der Waals surface area (Å²) in [5, 5.41) is 8.16. The van der Waals surface area contributed by atoms with Crippen LogP contribution in [0.25, 0.3) is 11.3 Å². The predicted octanol–water partition coefficient (Wildman–Crippen LogP) is 3.38. The molecule has 1 aromatic heterocycles. The SMILES string of the molecule is Cc1cc(C)c(C)c(-c2cccnn2)c1C. The van der Waals surface area contributed by atoms with Crippen molar-refractivity contribution in [3.63, 3.8) is 0 Å². The second-order valence-electron chi connectivity index (χ2n) is 4.24. The van der Waals surface area contributed by atoms with E-state index in [0.717, 1.165) is 5.69 Å². The molecule has 2 nitrogen and oxygen atoms in total. The Bertz CT molecular complexity index is 490. The highest BCUT2D eigenvalue weighted by atomic mass is 15.1. The van der Waals surface area contributed by atoms with Gasteiger partial charge >= 0.3 is 0 Å². The first-order valence-corrected chi connectivity index (χ1v) is 5.46. The maximum atomic E-state index is 4.20. The van der Waals surface area contributed by atoms with Crippen LogP contribution in [0, 0.1) is 27.7 Å². The molecule has 0 aliphatic rings. The third-order valence-corrected chi connectivity index (χ3v) is 3.19. The van der Waals surface area contributed by atoms with Gasteiger partial charge in [0.15, 0.2) is 0 Å². The van der Waals surface area contributed by atoms with Gasteiger partial charge in [0.05, 0.1) is 5.69 Å². The van der Waals surface area contributed by atoms with Gasteiger partial charge < -0.3 is 0 Å². The molecule has 1 aromatic carbocycles. The van der Waals surface area contributed by atoms with Gasteiger partial charge in [0.1, 0.15) is 0 Å². The largest absolute Gasteiger partial charge is 0.159 e. The van der Waals surface area contributed by atoms with E-state index in [1.165, 1.54) is 27.8 Å². The number of hydrogen-bond donors (Lipinski definition) is 0. The molecule has 2 rings (SSSR count). The van der Waals surface area contributed by atoms with Crippen molar-refractivity contribution in [2.24, 2.45) is 0 Å². The van der Waals surface area contributed by atoms with E-state index in [1.54, 1.807) is 6.20 Å². The summed E-state index contributed by atoms with van der Waals surface area (Å²) in [7, 11) is 0. The quantitative estimate of drug-likeness (QED) is 0.724. The van der Waals surface area contributed by atoms with Gasteiger partial charge in [-0.15, -0.1) is 0 Å². The van der Waals surface area contributed by atoms with Crippen LogP contribution >= 0.6 is 0 Å². The van der Waals surface area contributed by atoms with Crippen molar-refractivity contribution in [2.75, 3.05) is 0 Å². The lowest BCUT2D eigenvalue weighted by Crippen LogP contribution is -1.97. The molecule has 0 saturated heterocycles. The average Bonchev–Trinajstić information content (AvgIpc) is 2.28. The van der Waals surface area contributed by atoms with E-state index in [2.05, 4.69) is 44.0 Å². The van der Waals surface area contributed by atoms with Gasteiger partial charge in [-0.1, -0.05) is 6.07 Å². The van der Waals surface area contributed by atoms with Crippen LogP contribution in [0.3, 0.4) is 0 Å². The van der Waals surface area contributed by atoms with E-state index >= 15 is 0 Å². The second-order valence-corrected chi connectivity index (χ2v) is 4.24. The van der Waals surface area contributed by atoms with Crippen LogP contribution in [-0.4, -0.2) is 10.2 Å². The third-order valence-electron chi connectivity index (χ3n) is 3.19. The smallest absolute Gasteiger partial charge is 0.0935 e. The monoisotopic (exact) mass is 212 g/mol. The topological polar surface area (TPSA) is 25.8 Å². The first-order chi connectivity index (χ1) is 7.61. The van der Waals surface area contributed by atoms with Gasteiger partial charge in [0.25, 0.3) is 0 Å². The van der Waals surface area contributed by atoms with Gasteiger partial charge in [0.2, 0.25) is 0 Å². The molecule has 0 aliphatic heterocycles. The van der Waals surface area contributed by atoms with E-state index in [9.17, 15) is 0 Å². The molecule has 2 aromatic rings. The number of nitrogens with zero attached hydrogens (tertiary/aromatic N) is 2. The Morgan fingerprint density at radius 2 is 1.56 bits per heavy atom. The van der Waals surface area contributed by atoms with Crippen LogP contribution in [0.4, 0.5) is 0 Å². The Hall–Kier alpha value is -1.70. The zero-order valence-electron chi connectivity index (χ0n) is 10.2. The van der Waals surface area contributed by atoms with Crippen molar-refractivity contribution in [1.82, 2.24) is 10.2 Å². The lowest BCUT2D eigenvalue weighted by Gasteiger charge is -2.14. The standard InChI is InChI=1S/C14H16N2/c1-9-8-10(2)12(4)14(11(9)3)13-6-5-7-15-16-13/h5-8H,1-4H3. The van der Waals surface area contributed by atoms with E-state index in [4.69, 9.17) is 0 Å². The summed E-state index contributed by atoms with van der Waals surface area (Å²) < 4.78 is 0. The van der Waals surface area contributed by atoms with Crippen molar-refractivity contribution in [3.8, 4) is 11.3 Å². The molecular weight excluding hydrogens is 196 g/mol. The number of aromatic nitrogens is 2. The fraction of sp³-hybridized carbons (Fsp3) is 0.286. The number of rotatable bonds is 1. The third kappa shape index (κ3) is 1.71. The van der Waals surface area contributed by atoms with Crippen molar-refractivity contribution in [1.29, 1.82) is 0 Å². The Kier molecular flexibility index (Phi) is 2.73. The lowest BCUT2D eigenvalue weighted by molar-refractivity contribution is 1.03. The first kappa shape index (κ1) is 10.8. The van der Waals surface area contributed by atoms with E-state index in [-0.39, 0.29) is 0 Å². The number of aryl methyl sites for hydroxylation is 2. The molecule has 0 amide bonds. The molecule has 16 heavy (non-hydrogen) atoms. The summed E-state index contributed by atoms with van der Waals surface area (Å²) in [5.74, 6) is 0. The Labute approximate surface area is 96.4 Å². The summed E-state index contributed by atoms with van der Waals surface area (Å²) in [5.41, 5.74) is 7.40. The van der Waals surface area contributed by atoms with Crippen molar-refractivity contribution >= 4 is 0 Å². The minimum absolute atomic E-state index is 0.962. The minimum atomic E-state index is 0.962. The molecule has 0 atom stereocenters. The van der Waals surface area contributed by atoms with E-state index < -0.39 is 0 Å². The molecule has 0 bridgehead atoms. The molecule has 0 saturated carbocycles. The van der Waals surface area contributed by atoms with Crippen LogP contribution < -0.4 is 0 Å². The molecular formula is C14H16N2. The van der Waals surface area contributed by atoms with Crippen LogP contribution in [0.5, 0.6) is 0 Å². The Morgan fingerprint density at radius 3 is 2.06 bits per heavy atom. The molecule has 82 valence electrons. The highest BCUT2D eigenvalue weighted by Gasteiger charge is 2.11. The average molecular weight is 212 g/mol. The number of benzene rings is 1. The normalized spacial score (nSPS) is 10.5. The van der Waals surface area contributed by atoms with Gasteiger partial charge in [-0.05, 0) is 62.1 Å². The van der Waals surface area contributed by atoms with Crippen molar-refractivity contribution < 1.29 is 0 Å². The van der Waals surface area contributed by atoms with Gasteiger partial charge in [0, 0.05) is 11.8 Å². The van der Waals surface area contributed by atoms with Gasteiger partial charge in [-0.25, -0.2) is 0 Å². The number of hydrogen-bond acceptors (Lipinski definition) is 2. The predicted molar refractivity (Wildman–Crippen MR) is 66.4 cm³/mol. The summed E-state index contributed by atoms with van der Waals surface area (Å²) in [6, 6.07) is 6.17. The fourth-order valence-electron chi connectivity index (χ4n) is 2.04. The summed E-state index contributed by atoms with van der Waals surface area (Å²) in [6.07, 6.45) is 1.71.